The summed E-state index contributed by atoms with van der Waals surface area (Å²) in [5, 5.41) is 15.8. The first kappa shape index (κ1) is 22.1. The van der Waals surface area contributed by atoms with Gasteiger partial charge in [-0.15, -0.1) is 0 Å². The van der Waals surface area contributed by atoms with Crippen molar-refractivity contribution in [1.82, 2.24) is 9.55 Å². The molecule has 1 atom stereocenters. The van der Waals surface area contributed by atoms with Crippen molar-refractivity contribution in [3.63, 3.8) is 0 Å². The van der Waals surface area contributed by atoms with Gasteiger partial charge in [0.1, 0.15) is 11.4 Å². The Kier molecular flexibility index (Phi) is 6.76. The van der Waals surface area contributed by atoms with Crippen LogP contribution in [0.25, 0.3) is 11.0 Å². The molecule has 0 aliphatic heterocycles. The first-order valence-corrected chi connectivity index (χ1v) is 9.79. The predicted molar refractivity (Wildman–Crippen MR) is 118 cm³/mol. The van der Waals surface area contributed by atoms with Crippen molar-refractivity contribution in [2.75, 3.05) is 31.5 Å². The second-order valence-electron chi connectivity index (χ2n) is 7.11. The van der Waals surface area contributed by atoms with Gasteiger partial charge in [0.2, 0.25) is 0 Å². The molecule has 0 saturated carbocycles. The Bertz CT molecular complexity index is 1090. The summed E-state index contributed by atoms with van der Waals surface area (Å²) in [4.78, 5) is 29.8. The Labute approximate surface area is 180 Å². The maximum Gasteiger partial charge on any atom is 0.356 e. The van der Waals surface area contributed by atoms with Crippen molar-refractivity contribution >= 4 is 34.3 Å². The van der Waals surface area contributed by atoms with E-state index in [0.717, 1.165) is 0 Å². The molecule has 3 N–H and O–H groups in total. The molecule has 0 saturated heterocycles. The van der Waals surface area contributed by atoms with E-state index < -0.39 is 5.97 Å². The fourth-order valence-electron chi connectivity index (χ4n) is 3.33. The fourth-order valence-corrected chi connectivity index (χ4v) is 3.33. The lowest BCUT2D eigenvalue weighted by atomic mass is 10.1. The highest BCUT2D eigenvalue weighted by molar-refractivity contribution is 6.14. The highest BCUT2D eigenvalue weighted by Gasteiger charge is 2.25. The van der Waals surface area contributed by atoms with Crippen LogP contribution in [-0.4, -0.2) is 53.4 Å². The number of aromatic nitrogens is 2. The maximum absolute atomic E-state index is 12.9. The van der Waals surface area contributed by atoms with Gasteiger partial charge in [-0.3, -0.25) is 4.79 Å². The molecule has 0 aliphatic carbocycles. The fraction of sp³-hybridized carbons (Fsp3) is 0.318. The van der Waals surface area contributed by atoms with Crippen LogP contribution in [0.1, 0.15) is 34.2 Å². The summed E-state index contributed by atoms with van der Waals surface area (Å²) in [6, 6.07) is 8.48. The zero-order valence-electron chi connectivity index (χ0n) is 17.9. The summed E-state index contributed by atoms with van der Waals surface area (Å²) in [6.07, 6.45) is 2.22. The van der Waals surface area contributed by atoms with Gasteiger partial charge in [-0.1, -0.05) is 0 Å². The number of carbonyl (C=O) groups is 2. The summed E-state index contributed by atoms with van der Waals surface area (Å²) < 4.78 is 11.7. The van der Waals surface area contributed by atoms with Crippen LogP contribution < -0.4 is 15.4 Å². The van der Waals surface area contributed by atoms with Crippen molar-refractivity contribution in [3.8, 4) is 5.75 Å². The van der Waals surface area contributed by atoms with Gasteiger partial charge in [-0.2, -0.15) is 0 Å². The van der Waals surface area contributed by atoms with E-state index in [4.69, 9.17) is 14.6 Å². The van der Waals surface area contributed by atoms with E-state index in [9.17, 15) is 9.59 Å². The molecular formula is C22H26N4O5. The number of nitrogens with zero attached hydrogens (tertiary/aromatic N) is 2. The number of methoxy groups -OCH3 is 2. The zero-order chi connectivity index (χ0) is 22.5. The number of hydrogen-bond donors (Lipinski definition) is 3. The number of amides is 1. The van der Waals surface area contributed by atoms with Gasteiger partial charge in [-0.05, 0) is 43.7 Å². The van der Waals surface area contributed by atoms with Gasteiger partial charge in [0.25, 0.3) is 5.91 Å². The van der Waals surface area contributed by atoms with Crippen molar-refractivity contribution < 1.29 is 24.2 Å². The van der Waals surface area contributed by atoms with E-state index in [0.29, 0.717) is 40.1 Å². The second kappa shape index (κ2) is 9.48. The van der Waals surface area contributed by atoms with Crippen LogP contribution in [0, 0.1) is 0 Å². The number of aliphatic hydroxyl groups excluding tert-OH is 1. The minimum absolute atomic E-state index is 0.0189. The Morgan fingerprint density at radius 2 is 1.94 bits per heavy atom. The molecule has 9 nitrogen and oxygen atoms in total. The number of pyridine rings is 1. The standard InChI is InChI=1S/C22H26N4O5/c1-13(9-10-27)24-15-11-17-18(19(22(29)31-4)26(2)20(17)23-12-15)25-21(28)14-5-7-16(30-3)8-6-14/h5-8,11-13,24,27H,9-10H2,1-4H3,(H,25,28)/t13-/m1/s1. The molecule has 2 heterocycles. The zero-order valence-corrected chi connectivity index (χ0v) is 17.9. The van der Waals surface area contributed by atoms with Gasteiger partial charge < -0.3 is 29.8 Å². The molecule has 3 aromatic rings. The number of esters is 1. The summed E-state index contributed by atoms with van der Waals surface area (Å²) in [6.45, 7) is 2.00. The van der Waals surface area contributed by atoms with Crippen molar-refractivity contribution in [3.05, 3.63) is 47.8 Å². The normalized spacial score (nSPS) is 11.8. The van der Waals surface area contributed by atoms with Crippen LogP contribution in [-0.2, 0) is 11.8 Å². The molecule has 0 radical (unpaired) electrons. The number of fused-ring (bicyclic) bond motifs is 1. The molecular weight excluding hydrogens is 400 g/mol. The Morgan fingerprint density at radius 3 is 2.55 bits per heavy atom. The van der Waals surface area contributed by atoms with E-state index in [1.54, 1.807) is 49.2 Å². The largest absolute Gasteiger partial charge is 0.497 e. The number of anilines is 2. The third-order valence-electron chi connectivity index (χ3n) is 4.97. The van der Waals surface area contributed by atoms with Crippen molar-refractivity contribution in [1.29, 1.82) is 0 Å². The number of carbonyl (C=O) groups excluding carboxylic acids is 2. The average Bonchev–Trinajstić information content (AvgIpc) is 3.04. The van der Waals surface area contributed by atoms with Crippen LogP contribution in [0.5, 0.6) is 5.75 Å². The van der Waals surface area contributed by atoms with E-state index >= 15 is 0 Å². The first-order chi connectivity index (χ1) is 14.9. The van der Waals surface area contributed by atoms with Crippen LogP contribution in [0.2, 0.25) is 0 Å². The molecule has 0 bridgehead atoms. The number of hydrogen-bond acceptors (Lipinski definition) is 7. The topological polar surface area (TPSA) is 115 Å². The van der Waals surface area contributed by atoms with Gasteiger partial charge in [0.15, 0.2) is 5.69 Å². The average molecular weight is 426 g/mol. The number of rotatable bonds is 8. The van der Waals surface area contributed by atoms with Crippen LogP contribution >= 0.6 is 0 Å². The molecule has 0 spiro atoms. The summed E-state index contributed by atoms with van der Waals surface area (Å²) in [7, 11) is 4.52. The highest BCUT2D eigenvalue weighted by atomic mass is 16.5. The summed E-state index contributed by atoms with van der Waals surface area (Å²) >= 11 is 0. The Hall–Kier alpha value is -3.59. The van der Waals surface area contributed by atoms with Gasteiger partial charge in [-0.25, -0.2) is 9.78 Å². The van der Waals surface area contributed by atoms with E-state index in [-0.39, 0.29) is 24.2 Å². The SMILES string of the molecule is COC(=O)c1c(NC(=O)c2ccc(OC)cc2)c2cc(N[C@H](C)CCO)cnc2n1C. The first-order valence-electron chi connectivity index (χ1n) is 9.79. The third-order valence-corrected chi connectivity index (χ3v) is 4.97. The maximum atomic E-state index is 12.9. The minimum atomic E-state index is -0.589. The van der Waals surface area contributed by atoms with Crippen molar-refractivity contribution in [2.24, 2.45) is 7.05 Å². The van der Waals surface area contributed by atoms with Gasteiger partial charge >= 0.3 is 5.97 Å². The molecule has 0 aliphatic rings. The molecule has 31 heavy (non-hydrogen) atoms. The third kappa shape index (κ3) is 4.61. The van der Waals surface area contributed by atoms with Crippen LogP contribution in [0.4, 0.5) is 11.4 Å². The lowest BCUT2D eigenvalue weighted by molar-refractivity contribution is 0.0591. The number of nitrogens with one attached hydrogen (secondary N) is 2. The van der Waals surface area contributed by atoms with E-state index in [2.05, 4.69) is 15.6 Å². The minimum Gasteiger partial charge on any atom is -0.497 e. The smallest absolute Gasteiger partial charge is 0.356 e. The lowest BCUT2D eigenvalue weighted by Gasteiger charge is -2.13. The second-order valence-corrected chi connectivity index (χ2v) is 7.11. The number of aryl methyl sites for hydroxylation is 1. The predicted octanol–water partition coefficient (Wildman–Crippen LogP) is 2.80. The summed E-state index contributed by atoms with van der Waals surface area (Å²) in [5.41, 5.74) is 2.14. The quantitative estimate of drug-likeness (QED) is 0.475. The number of ether oxygens (including phenoxy) is 2. The Balaban J connectivity index is 2.04. The molecule has 3 rings (SSSR count). The monoisotopic (exact) mass is 426 g/mol. The van der Waals surface area contributed by atoms with Gasteiger partial charge in [0.05, 0.1) is 31.8 Å². The van der Waals surface area contributed by atoms with Crippen LogP contribution in [0.15, 0.2) is 36.5 Å². The molecule has 0 fully saturated rings. The molecule has 9 heteroatoms. The number of aliphatic hydroxyl groups is 1. The summed E-state index contributed by atoms with van der Waals surface area (Å²) in [5.74, 6) is -0.338. The highest BCUT2D eigenvalue weighted by Crippen LogP contribution is 2.32. The molecule has 1 aromatic carbocycles. The van der Waals surface area contributed by atoms with E-state index in [1.807, 2.05) is 13.0 Å². The molecule has 1 amide bonds. The molecule has 0 unspecified atom stereocenters. The van der Waals surface area contributed by atoms with Crippen molar-refractivity contribution in [2.45, 2.75) is 19.4 Å². The van der Waals surface area contributed by atoms with Crippen LogP contribution in [0.3, 0.4) is 0 Å². The molecule has 164 valence electrons. The van der Waals surface area contributed by atoms with E-state index in [1.165, 1.54) is 7.11 Å². The Morgan fingerprint density at radius 1 is 1.23 bits per heavy atom. The van der Waals surface area contributed by atoms with Gasteiger partial charge in [0, 0.05) is 30.6 Å². The lowest BCUT2D eigenvalue weighted by Crippen LogP contribution is -2.17. The number of benzene rings is 1. The molecule has 2 aromatic heterocycles.